The average Bonchev–Trinajstić information content (AvgIpc) is 2.84. The van der Waals surface area contributed by atoms with Crippen LogP contribution < -0.4 is 0 Å². The van der Waals surface area contributed by atoms with Crippen LogP contribution in [0, 0.1) is 5.82 Å². The standard InChI is InChI=1S/C27H28FNO4P/c1-18(2)23-17-24(20-10-6-5-7-11-20)29-27(21-13-15-22(28)16-14-21)26(23)19(3)9-8-12-25(30)33-34(31)32-4/h5-7,10-11,13-18H,3,8-9,12H2,1-2,4H3/q+1. The van der Waals surface area contributed by atoms with Crippen molar-refractivity contribution in [2.75, 3.05) is 7.11 Å². The Labute approximate surface area is 200 Å². The lowest BCUT2D eigenvalue weighted by atomic mass is 9.87. The lowest BCUT2D eigenvalue weighted by Crippen LogP contribution is -2.04. The van der Waals surface area contributed by atoms with E-state index in [1.807, 2.05) is 30.3 Å². The number of allylic oxidation sites excluding steroid dienone is 1. The lowest BCUT2D eigenvalue weighted by molar-refractivity contribution is -0.134. The normalized spacial score (nSPS) is 11.4. The van der Waals surface area contributed by atoms with Gasteiger partial charge in [0, 0.05) is 21.3 Å². The largest absolute Gasteiger partial charge is 0.752 e. The monoisotopic (exact) mass is 480 g/mol. The van der Waals surface area contributed by atoms with E-state index in [2.05, 4.69) is 35.5 Å². The van der Waals surface area contributed by atoms with Crippen molar-refractivity contribution < 1.29 is 22.8 Å². The molecule has 0 saturated heterocycles. The van der Waals surface area contributed by atoms with Gasteiger partial charge in [0.1, 0.15) is 5.82 Å². The maximum Gasteiger partial charge on any atom is 0.752 e. The van der Waals surface area contributed by atoms with E-state index in [4.69, 9.17) is 4.98 Å². The van der Waals surface area contributed by atoms with Gasteiger partial charge >= 0.3 is 14.2 Å². The summed E-state index contributed by atoms with van der Waals surface area (Å²) in [4.78, 5) is 16.8. The number of benzene rings is 2. The van der Waals surface area contributed by atoms with Crippen LogP contribution in [0.25, 0.3) is 28.1 Å². The third kappa shape index (κ3) is 6.43. The molecule has 3 aromatic rings. The van der Waals surface area contributed by atoms with Gasteiger partial charge in [0.2, 0.25) is 0 Å². The lowest BCUT2D eigenvalue weighted by Gasteiger charge is -2.21. The molecule has 34 heavy (non-hydrogen) atoms. The van der Waals surface area contributed by atoms with E-state index in [1.165, 1.54) is 19.2 Å². The number of carbonyl (C=O) groups is 1. The highest BCUT2D eigenvalue weighted by Gasteiger charge is 2.24. The molecule has 3 rings (SSSR count). The van der Waals surface area contributed by atoms with Crippen LogP contribution in [0.4, 0.5) is 4.39 Å². The second-order valence-corrected chi connectivity index (χ2v) is 9.17. The fourth-order valence-electron chi connectivity index (χ4n) is 3.70. The highest BCUT2D eigenvalue weighted by Crippen LogP contribution is 2.38. The molecule has 0 spiro atoms. The Morgan fingerprint density at radius 1 is 1.06 bits per heavy atom. The van der Waals surface area contributed by atoms with E-state index in [-0.39, 0.29) is 18.2 Å². The van der Waals surface area contributed by atoms with Gasteiger partial charge in [-0.25, -0.2) is 14.2 Å². The summed E-state index contributed by atoms with van der Waals surface area (Å²) in [5, 5.41) is 0. The first-order valence-corrected chi connectivity index (χ1v) is 12.2. The van der Waals surface area contributed by atoms with Gasteiger partial charge in [-0.3, -0.25) is 0 Å². The van der Waals surface area contributed by atoms with Crippen LogP contribution in [0.3, 0.4) is 0 Å². The Bertz CT molecular complexity index is 1180. The molecule has 1 atom stereocenters. The summed E-state index contributed by atoms with van der Waals surface area (Å²) in [6.45, 7) is 8.51. The predicted octanol–water partition coefficient (Wildman–Crippen LogP) is 7.71. The van der Waals surface area contributed by atoms with Gasteiger partial charge in [-0.15, -0.1) is 4.52 Å². The number of nitrogens with zero attached hydrogens (tertiary/aromatic N) is 1. The molecule has 0 aliphatic heterocycles. The molecule has 176 valence electrons. The molecule has 1 unspecified atom stereocenters. The minimum Gasteiger partial charge on any atom is -0.247 e. The van der Waals surface area contributed by atoms with E-state index in [0.717, 1.165) is 39.2 Å². The molecular formula is C27H28FNO4P+. The first kappa shape index (κ1) is 25.4. The molecule has 0 bridgehead atoms. The minimum absolute atomic E-state index is 0.0852. The van der Waals surface area contributed by atoms with Crippen molar-refractivity contribution in [1.29, 1.82) is 0 Å². The van der Waals surface area contributed by atoms with E-state index in [1.54, 1.807) is 12.1 Å². The van der Waals surface area contributed by atoms with Gasteiger partial charge < -0.3 is 0 Å². The zero-order chi connectivity index (χ0) is 24.7. The molecular weight excluding hydrogens is 452 g/mol. The number of pyridine rings is 1. The molecule has 0 aliphatic carbocycles. The molecule has 0 aliphatic rings. The molecule has 1 heterocycles. The Hall–Kier alpha value is -3.21. The summed E-state index contributed by atoms with van der Waals surface area (Å²) in [5.74, 6) is -0.733. The molecule has 0 radical (unpaired) electrons. The molecule has 0 amide bonds. The first-order valence-electron chi connectivity index (χ1n) is 11.1. The Kier molecular flexibility index (Phi) is 8.80. The van der Waals surface area contributed by atoms with E-state index in [9.17, 15) is 13.8 Å². The SMILES string of the molecule is C=C(CCCC(=O)O[P+](=O)OC)c1c(C(C)C)cc(-c2ccccc2)nc1-c1ccc(F)cc1. The number of rotatable bonds is 10. The van der Waals surface area contributed by atoms with Gasteiger partial charge in [0.05, 0.1) is 24.9 Å². The molecule has 0 fully saturated rings. The smallest absolute Gasteiger partial charge is 0.247 e. The van der Waals surface area contributed by atoms with Crippen molar-refractivity contribution in [3.05, 3.63) is 84.2 Å². The Morgan fingerprint density at radius 3 is 2.35 bits per heavy atom. The first-order chi connectivity index (χ1) is 16.3. The van der Waals surface area contributed by atoms with Gasteiger partial charge in [-0.2, -0.15) is 4.52 Å². The van der Waals surface area contributed by atoms with Crippen molar-refractivity contribution in [1.82, 2.24) is 4.98 Å². The number of hydrogen-bond acceptors (Lipinski definition) is 5. The number of hydrogen-bond donors (Lipinski definition) is 0. The van der Waals surface area contributed by atoms with Crippen LogP contribution in [0.2, 0.25) is 0 Å². The quantitative estimate of drug-likeness (QED) is 0.278. The van der Waals surface area contributed by atoms with E-state index < -0.39 is 14.2 Å². The van der Waals surface area contributed by atoms with Gasteiger partial charge in [0.15, 0.2) is 0 Å². The van der Waals surface area contributed by atoms with Crippen molar-refractivity contribution >= 4 is 19.8 Å². The van der Waals surface area contributed by atoms with Crippen molar-refractivity contribution in [3.8, 4) is 22.5 Å². The summed E-state index contributed by atoms with van der Waals surface area (Å²) < 4.78 is 34.1. The van der Waals surface area contributed by atoms with Crippen molar-refractivity contribution in [2.45, 2.75) is 39.0 Å². The number of aromatic nitrogens is 1. The maximum atomic E-state index is 13.7. The Balaban J connectivity index is 2.00. The summed E-state index contributed by atoms with van der Waals surface area (Å²) in [6, 6.07) is 18.2. The van der Waals surface area contributed by atoms with Crippen LogP contribution in [0.15, 0.2) is 67.2 Å². The fraction of sp³-hybridized carbons (Fsp3) is 0.259. The maximum absolute atomic E-state index is 13.7. The van der Waals surface area contributed by atoms with Crippen LogP contribution >= 0.6 is 8.25 Å². The van der Waals surface area contributed by atoms with Gasteiger partial charge in [-0.05, 0) is 60.2 Å². The summed E-state index contributed by atoms with van der Waals surface area (Å²) >= 11 is 0. The van der Waals surface area contributed by atoms with Crippen molar-refractivity contribution in [2.24, 2.45) is 0 Å². The minimum atomic E-state index is -2.43. The Morgan fingerprint density at radius 2 is 1.74 bits per heavy atom. The summed E-state index contributed by atoms with van der Waals surface area (Å²) in [5.41, 5.74) is 6.11. The van der Waals surface area contributed by atoms with Crippen molar-refractivity contribution in [3.63, 3.8) is 0 Å². The third-order valence-corrected chi connectivity index (χ3v) is 6.05. The molecule has 7 heteroatoms. The second-order valence-electron chi connectivity index (χ2n) is 8.17. The third-order valence-electron chi connectivity index (χ3n) is 5.40. The fourth-order valence-corrected chi connectivity index (χ4v) is 4.03. The summed E-state index contributed by atoms with van der Waals surface area (Å²) in [6.07, 6.45) is 1.06. The number of halogens is 1. The molecule has 0 saturated carbocycles. The van der Waals surface area contributed by atoms with E-state index in [0.29, 0.717) is 12.8 Å². The zero-order valence-corrected chi connectivity index (χ0v) is 20.5. The number of carbonyl (C=O) groups excluding carboxylic acids is 1. The second kappa shape index (κ2) is 11.8. The molecule has 1 aromatic heterocycles. The van der Waals surface area contributed by atoms with Crippen LogP contribution in [-0.2, 0) is 18.4 Å². The molecule has 0 N–H and O–H groups in total. The van der Waals surface area contributed by atoms with Crippen LogP contribution in [0.1, 0.15) is 50.2 Å². The van der Waals surface area contributed by atoms with Gasteiger partial charge in [-0.1, -0.05) is 50.8 Å². The average molecular weight is 480 g/mol. The molecule has 2 aromatic carbocycles. The highest BCUT2D eigenvalue weighted by molar-refractivity contribution is 7.34. The van der Waals surface area contributed by atoms with Crippen LogP contribution in [0.5, 0.6) is 0 Å². The molecule has 5 nitrogen and oxygen atoms in total. The van der Waals surface area contributed by atoms with Gasteiger partial charge in [0.25, 0.3) is 0 Å². The topological polar surface area (TPSA) is 65.5 Å². The highest BCUT2D eigenvalue weighted by atomic mass is 31.1. The zero-order valence-electron chi connectivity index (χ0n) is 19.6. The van der Waals surface area contributed by atoms with Crippen LogP contribution in [-0.4, -0.2) is 18.1 Å². The predicted molar refractivity (Wildman–Crippen MR) is 133 cm³/mol. The van der Waals surface area contributed by atoms with E-state index >= 15 is 0 Å². The summed E-state index contributed by atoms with van der Waals surface area (Å²) in [7, 11) is -1.22.